The van der Waals surface area contributed by atoms with E-state index >= 15 is 0 Å². The fourth-order valence-electron chi connectivity index (χ4n) is 3.55. The third-order valence-electron chi connectivity index (χ3n) is 5.59. The number of hydrogen-bond donors (Lipinski definition) is 4. The van der Waals surface area contributed by atoms with Crippen molar-refractivity contribution in [3.05, 3.63) is 29.6 Å². The van der Waals surface area contributed by atoms with Gasteiger partial charge in [-0.2, -0.15) is 0 Å². The number of amides is 4. The molecule has 0 aromatic heterocycles. The van der Waals surface area contributed by atoms with E-state index < -0.39 is 45.8 Å². The van der Waals surface area contributed by atoms with E-state index in [0.29, 0.717) is 30.3 Å². The number of benzene rings is 1. The van der Waals surface area contributed by atoms with E-state index in [0.717, 1.165) is 12.8 Å². The Morgan fingerprint density at radius 2 is 1.76 bits per heavy atom. The Kier molecular flexibility index (Phi) is 8.61. The maximum absolute atomic E-state index is 14.2. The second-order valence-electron chi connectivity index (χ2n) is 9.03. The number of carbonyl (C=O) groups is 3. The number of ether oxygens (including phenoxy) is 1. The Morgan fingerprint density at radius 1 is 1.09 bits per heavy atom. The Hall–Kier alpha value is -2.57. The Morgan fingerprint density at radius 3 is 2.38 bits per heavy atom. The summed E-state index contributed by atoms with van der Waals surface area (Å²) in [7, 11) is -3.69. The SMILES string of the molecule is CC(C)C(NS(=O)(=O)CCCCNC1C(=O)NC(=O)NC1=O)c1cc(F)cc(OCC2CC2)c1. The number of sulfonamides is 1. The number of urea groups is 1. The summed E-state index contributed by atoms with van der Waals surface area (Å²) >= 11 is 0. The zero-order valence-electron chi connectivity index (χ0n) is 19.2. The highest BCUT2D eigenvalue weighted by atomic mass is 32.2. The predicted octanol–water partition coefficient (Wildman–Crippen LogP) is 1.34. The number of hydrogen-bond acceptors (Lipinski definition) is 7. The molecule has 1 heterocycles. The van der Waals surface area contributed by atoms with Gasteiger partial charge in [0.15, 0.2) is 6.04 Å². The number of rotatable bonds is 13. The van der Waals surface area contributed by atoms with Crippen LogP contribution in [0.3, 0.4) is 0 Å². The first-order valence-electron chi connectivity index (χ1n) is 11.4. The normalized spacial score (nSPS) is 18.1. The van der Waals surface area contributed by atoms with Gasteiger partial charge in [-0.05, 0) is 61.8 Å². The molecular weight excluding hydrogens is 467 g/mol. The summed E-state index contributed by atoms with van der Waals surface area (Å²) in [5, 5.41) is 6.67. The number of halogens is 1. The monoisotopic (exact) mass is 498 g/mol. The van der Waals surface area contributed by atoms with E-state index in [1.54, 1.807) is 6.07 Å². The van der Waals surface area contributed by atoms with Crippen LogP contribution in [0.5, 0.6) is 5.75 Å². The van der Waals surface area contributed by atoms with Crippen LogP contribution in [0.1, 0.15) is 51.1 Å². The molecule has 12 heteroatoms. The van der Waals surface area contributed by atoms with Gasteiger partial charge in [0.25, 0.3) is 11.8 Å². The molecule has 2 fully saturated rings. The Labute approximate surface area is 198 Å². The van der Waals surface area contributed by atoms with Gasteiger partial charge in [0.1, 0.15) is 11.6 Å². The lowest BCUT2D eigenvalue weighted by Gasteiger charge is -2.24. The minimum Gasteiger partial charge on any atom is -0.493 e. The predicted molar refractivity (Wildman–Crippen MR) is 122 cm³/mol. The zero-order chi connectivity index (χ0) is 24.9. The van der Waals surface area contributed by atoms with E-state index in [2.05, 4.69) is 10.0 Å². The molecule has 1 aliphatic heterocycles. The van der Waals surface area contributed by atoms with Crippen molar-refractivity contribution in [1.82, 2.24) is 20.7 Å². The van der Waals surface area contributed by atoms with E-state index in [1.807, 2.05) is 24.5 Å². The molecule has 34 heavy (non-hydrogen) atoms. The summed E-state index contributed by atoms with van der Waals surface area (Å²) in [4.78, 5) is 34.4. The molecule has 4 N–H and O–H groups in total. The minimum absolute atomic E-state index is 0.138. The lowest BCUT2D eigenvalue weighted by Crippen LogP contribution is -2.63. The Bertz CT molecular complexity index is 1010. The van der Waals surface area contributed by atoms with Crippen LogP contribution in [0.2, 0.25) is 0 Å². The van der Waals surface area contributed by atoms with Gasteiger partial charge in [-0.1, -0.05) is 13.8 Å². The van der Waals surface area contributed by atoms with Gasteiger partial charge in [-0.3, -0.25) is 25.5 Å². The van der Waals surface area contributed by atoms with Crippen LogP contribution in [0.15, 0.2) is 18.2 Å². The van der Waals surface area contributed by atoms with Gasteiger partial charge >= 0.3 is 6.03 Å². The fourth-order valence-corrected chi connectivity index (χ4v) is 5.05. The minimum atomic E-state index is -3.69. The molecule has 0 spiro atoms. The van der Waals surface area contributed by atoms with Gasteiger partial charge in [0, 0.05) is 12.1 Å². The number of carbonyl (C=O) groups excluding carboxylic acids is 3. The van der Waals surface area contributed by atoms with Crippen LogP contribution < -0.4 is 25.4 Å². The summed E-state index contributed by atoms with van der Waals surface area (Å²) in [6.07, 6.45) is 2.85. The van der Waals surface area contributed by atoms with Crippen LogP contribution >= 0.6 is 0 Å². The first-order valence-corrected chi connectivity index (χ1v) is 13.0. The Balaban J connectivity index is 1.51. The molecule has 0 bridgehead atoms. The van der Waals surface area contributed by atoms with Crippen molar-refractivity contribution in [2.24, 2.45) is 11.8 Å². The van der Waals surface area contributed by atoms with Crippen molar-refractivity contribution >= 4 is 27.9 Å². The highest BCUT2D eigenvalue weighted by molar-refractivity contribution is 7.89. The van der Waals surface area contributed by atoms with E-state index in [4.69, 9.17) is 4.74 Å². The zero-order valence-corrected chi connectivity index (χ0v) is 20.0. The first kappa shape index (κ1) is 26.0. The second-order valence-corrected chi connectivity index (χ2v) is 10.9. The lowest BCUT2D eigenvalue weighted by molar-refractivity contribution is -0.133. The smallest absolute Gasteiger partial charge is 0.328 e. The summed E-state index contributed by atoms with van der Waals surface area (Å²) in [6.45, 7) is 4.42. The van der Waals surface area contributed by atoms with Crippen LogP contribution in [0, 0.1) is 17.7 Å². The van der Waals surface area contributed by atoms with Gasteiger partial charge < -0.3 is 4.74 Å². The maximum Gasteiger partial charge on any atom is 0.328 e. The topological polar surface area (TPSA) is 143 Å². The molecule has 1 aromatic rings. The van der Waals surface area contributed by atoms with Gasteiger partial charge in [-0.25, -0.2) is 22.3 Å². The highest BCUT2D eigenvalue weighted by Gasteiger charge is 2.33. The average Bonchev–Trinajstić information content (AvgIpc) is 3.56. The molecule has 0 radical (unpaired) electrons. The lowest BCUT2D eigenvalue weighted by atomic mass is 9.97. The second kappa shape index (κ2) is 11.2. The first-order chi connectivity index (χ1) is 16.0. The molecule has 3 rings (SSSR count). The van der Waals surface area contributed by atoms with Crippen molar-refractivity contribution in [2.45, 2.75) is 51.6 Å². The quantitative estimate of drug-likeness (QED) is 0.237. The van der Waals surface area contributed by atoms with Crippen molar-refractivity contribution in [1.29, 1.82) is 0 Å². The molecule has 1 unspecified atom stereocenters. The number of barbiturate groups is 1. The molecule has 4 amide bonds. The van der Waals surface area contributed by atoms with Gasteiger partial charge in [0.05, 0.1) is 12.4 Å². The highest BCUT2D eigenvalue weighted by Crippen LogP contribution is 2.31. The van der Waals surface area contributed by atoms with E-state index in [9.17, 15) is 27.2 Å². The van der Waals surface area contributed by atoms with Crippen molar-refractivity contribution in [3.8, 4) is 5.75 Å². The van der Waals surface area contributed by atoms with E-state index in [-0.39, 0.29) is 24.6 Å². The summed E-state index contributed by atoms with van der Waals surface area (Å²) < 4.78 is 47.9. The molecule has 2 aliphatic rings. The average molecular weight is 499 g/mol. The van der Waals surface area contributed by atoms with Crippen molar-refractivity contribution < 1.29 is 31.9 Å². The summed E-state index contributed by atoms with van der Waals surface area (Å²) in [5.74, 6) is -1.42. The number of nitrogens with one attached hydrogen (secondary N) is 4. The summed E-state index contributed by atoms with van der Waals surface area (Å²) in [5.41, 5.74) is 0.495. The fraction of sp³-hybridized carbons (Fsp3) is 0.591. The molecule has 188 valence electrons. The molecule has 1 saturated heterocycles. The van der Waals surface area contributed by atoms with Crippen LogP contribution in [-0.4, -0.2) is 51.2 Å². The molecule has 1 atom stereocenters. The summed E-state index contributed by atoms with van der Waals surface area (Å²) in [6, 6.07) is 1.58. The third-order valence-corrected chi connectivity index (χ3v) is 7.03. The van der Waals surface area contributed by atoms with E-state index in [1.165, 1.54) is 12.1 Å². The van der Waals surface area contributed by atoms with Crippen molar-refractivity contribution in [3.63, 3.8) is 0 Å². The van der Waals surface area contributed by atoms with Crippen LogP contribution in [0.4, 0.5) is 9.18 Å². The van der Waals surface area contributed by atoms with Crippen molar-refractivity contribution in [2.75, 3.05) is 18.9 Å². The maximum atomic E-state index is 14.2. The third kappa shape index (κ3) is 7.74. The molecule has 1 aliphatic carbocycles. The number of unbranched alkanes of at least 4 members (excludes halogenated alkanes) is 1. The van der Waals surface area contributed by atoms with Gasteiger partial charge in [0.2, 0.25) is 10.0 Å². The standard InChI is InChI=1S/C22H31FN4O6S/c1-13(2)18(15-9-16(23)11-17(10-15)33-12-14-5-6-14)27-34(31,32)8-4-3-7-24-19-20(28)25-22(30)26-21(19)29/h9-11,13-14,18-19,24,27H,3-8,12H2,1-2H3,(H2,25,26,28,29,30). The molecular formula is C22H31FN4O6S. The molecule has 10 nitrogen and oxygen atoms in total. The largest absolute Gasteiger partial charge is 0.493 e. The van der Waals surface area contributed by atoms with Crippen LogP contribution in [-0.2, 0) is 19.6 Å². The number of imide groups is 2. The van der Waals surface area contributed by atoms with Gasteiger partial charge in [-0.15, -0.1) is 0 Å². The molecule has 1 saturated carbocycles. The molecule has 1 aromatic carbocycles. The van der Waals surface area contributed by atoms with Crippen LogP contribution in [0.25, 0.3) is 0 Å².